The van der Waals surface area contributed by atoms with Crippen LogP contribution in [0.2, 0.25) is 0 Å². The molecule has 4 nitrogen and oxygen atoms in total. The summed E-state index contributed by atoms with van der Waals surface area (Å²) in [6.07, 6.45) is 3.07. The molecule has 3 N–H and O–H groups in total. The van der Waals surface area contributed by atoms with Crippen LogP contribution in [0.3, 0.4) is 0 Å². The van der Waals surface area contributed by atoms with Crippen LogP contribution in [0.15, 0.2) is 54.7 Å². The maximum Gasteiger partial charge on any atom is 0.237 e. The highest BCUT2D eigenvalue weighted by molar-refractivity contribution is 6.18. The number of hydrogen-bond donors (Lipinski definition) is 2. The zero-order valence-corrected chi connectivity index (χ0v) is 17.0. The Morgan fingerprint density at radius 3 is 2.79 bits per heavy atom. The van der Waals surface area contributed by atoms with Crippen molar-refractivity contribution >= 4 is 50.0 Å². The van der Waals surface area contributed by atoms with Gasteiger partial charge in [0.2, 0.25) is 5.52 Å². The minimum absolute atomic E-state index is 0.722. The van der Waals surface area contributed by atoms with Gasteiger partial charge in [-0.2, -0.15) is 0 Å². The highest BCUT2D eigenvalue weighted by Gasteiger charge is 2.14. The molecule has 4 aromatic rings. The van der Waals surface area contributed by atoms with Crippen molar-refractivity contribution in [1.29, 1.82) is 0 Å². The fourth-order valence-corrected chi connectivity index (χ4v) is 4.17. The van der Waals surface area contributed by atoms with Gasteiger partial charge in [0.1, 0.15) is 5.52 Å². The first-order valence-corrected chi connectivity index (χ1v) is 10.6. The van der Waals surface area contributed by atoms with Crippen molar-refractivity contribution < 1.29 is 9.88 Å². The van der Waals surface area contributed by atoms with Crippen LogP contribution in [-0.4, -0.2) is 37.0 Å². The van der Waals surface area contributed by atoms with Crippen LogP contribution in [0, 0.1) is 0 Å². The summed E-state index contributed by atoms with van der Waals surface area (Å²) in [7, 11) is 0. The predicted octanol–water partition coefficient (Wildman–Crippen LogP) is 3.30. The van der Waals surface area contributed by atoms with Gasteiger partial charge >= 0.3 is 0 Å². The van der Waals surface area contributed by atoms with Crippen LogP contribution < -0.4 is 15.2 Å². The van der Waals surface area contributed by atoms with Crippen LogP contribution in [0.5, 0.6) is 0 Å². The van der Waals surface area contributed by atoms with Crippen molar-refractivity contribution in [2.45, 2.75) is 13.3 Å². The molecule has 0 spiro atoms. The van der Waals surface area contributed by atoms with E-state index in [0.717, 1.165) is 60.4 Å². The molecule has 0 aliphatic rings. The molecule has 0 radical (unpaired) electrons. The van der Waals surface area contributed by atoms with E-state index in [-0.39, 0.29) is 0 Å². The smallest absolute Gasteiger partial charge is 0.237 e. The van der Waals surface area contributed by atoms with Crippen molar-refractivity contribution in [3.8, 4) is 0 Å². The Hall–Kier alpha value is -2.43. The molecule has 2 aromatic carbocycles. The van der Waals surface area contributed by atoms with Crippen molar-refractivity contribution in [3.63, 3.8) is 0 Å². The number of alkyl halides is 1. The highest BCUT2D eigenvalue weighted by atomic mass is 35.5. The summed E-state index contributed by atoms with van der Waals surface area (Å²) < 4.78 is 0. The van der Waals surface area contributed by atoms with E-state index >= 15 is 0 Å². The predicted molar refractivity (Wildman–Crippen MR) is 118 cm³/mol. The summed E-state index contributed by atoms with van der Waals surface area (Å²) in [6, 6.07) is 16.9. The Morgan fingerprint density at radius 2 is 1.93 bits per heavy atom. The number of aromatic nitrogens is 2. The zero-order valence-electron chi connectivity index (χ0n) is 16.3. The number of halogens is 1. The van der Waals surface area contributed by atoms with Crippen LogP contribution in [0.1, 0.15) is 13.3 Å². The second kappa shape index (κ2) is 8.72. The molecule has 0 saturated carbocycles. The molecule has 1 unspecified atom stereocenters. The number of quaternary nitrogens is 1. The second-order valence-corrected chi connectivity index (χ2v) is 7.55. The molecule has 2 aromatic heterocycles. The van der Waals surface area contributed by atoms with Crippen molar-refractivity contribution in [1.82, 2.24) is 4.98 Å². The molecule has 144 valence electrons. The first-order chi connectivity index (χ1) is 13.8. The number of nitrogens with one attached hydrogen (secondary N) is 3. The highest BCUT2D eigenvalue weighted by Crippen LogP contribution is 2.33. The van der Waals surface area contributed by atoms with E-state index in [1.54, 1.807) is 4.90 Å². The summed E-state index contributed by atoms with van der Waals surface area (Å²) in [6.45, 7) is 6.44. The third-order valence-electron chi connectivity index (χ3n) is 5.44. The van der Waals surface area contributed by atoms with E-state index in [1.807, 2.05) is 12.3 Å². The molecule has 4 rings (SSSR count). The first kappa shape index (κ1) is 18.9. The van der Waals surface area contributed by atoms with Gasteiger partial charge in [0.25, 0.3) is 0 Å². The van der Waals surface area contributed by atoms with Crippen LogP contribution >= 0.6 is 11.6 Å². The Bertz CT molecular complexity index is 1100. The lowest BCUT2D eigenvalue weighted by Crippen LogP contribution is -3.12. The molecule has 5 heteroatoms. The quantitative estimate of drug-likeness (QED) is 0.208. The van der Waals surface area contributed by atoms with Crippen molar-refractivity contribution in [2.75, 3.05) is 37.4 Å². The van der Waals surface area contributed by atoms with E-state index in [4.69, 9.17) is 16.6 Å². The van der Waals surface area contributed by atoms with E-state index < -0.39 is 0 Å². The number of benzene rings is 2. The number of aromatic amines is 1. The average molecular weight is 395 g/mol. The Kier molecular flexibility index (Phi) is 5.89. The van der Waals surface area contributed by atoms with Gasteiger partial charge in [-0.15, -0.1) is 11.6 Å². The van der Waals surface area contributed by atoms with E-state index in [9.17, 15) is 0 Å². The molecule has 0 aliphatic carbocycles. The van der Waals surface area contributed by atoms with E-state index in [0.29, 0.717) is 0 Å². The number of hydrogen-bond acceptors (Lipinski definition) is 2. The van der Waals surface area contributed by atoms with Gasteiger partial charge in [-0.05, 0) is 31.2 Å². The van der Waals surface area contributed by atoms with Crippen molar-refractivity contribution in [3.05, 3.63) is 54.7 Å². The van der Waals surface area contributed by atoms with Gasteiger partial charge in [0, 0.05) is 35.2 Å². The number of fused-ring (bicyclic) bond motifs is 4. The minimum atomic E-state index is 0.722. The Morgan fingerprint density at radius 1 is 1.04 bits per heavy atom. The molecule has 1 atom stereocenters. The lowest BCUT2D eigenvalue weighted by atomic mass is 10.0. The maximum absolute atomic E-state index is 5.92. The lowest BCUT2D eigenvalue weighted by Gasteiger charge is -2.17. The van der Waals surface area contributed by atoms with E-state index in [2.05, 4.69) is 59.7 Å². The van der Waals surface area contributed by atoms with Gasteiger partial charge in [-0.1, -0.05) is 18.2 Å². The Balaban J connectivity index is 1.70. The number of H-pyrrole nitrogens is 1. The topological polar surface area (TPSA) is 43.5 Å². The molecular formula is C23H27ClN4+2. The minimum Gasteiger partial charge on any atom is -0.384 e. The third kappa shape index (κ3) is 3.75. The monoisotopic (exact) mass is 394 g/mol. The molecule has 0 saturated heterocycles. The largest absolute Gasteiger partial charge is 0.384 e. The molecule has 0 bridgehead atoms. The normalized spacial score (nSPS) is 12.6. The Labute approximate surface area is 170 Å². The summed E-state index contributed by atoms with van der Waals surface area (Å²) in [4.78, 5) is 9.91. The third-order valence-corrected chi connectivity index (χ3v) is 5.63. The fraction of sp³-hybridized carbons (Fsp3) is 0.304. The molecule has 2 heterocycles. The summed E-state index contributed by atoms with van der Waals surface area (Å²) in [5.41, 5.74) is 4.29. The van der Waals surface area contributed by atoms with Crippen LogP contribution in [0.25, 0.3) is 32.7 Å². The van der Waals surface area contributed by atoms with Crippen molar-refractivity contribution in [2.24, 2.45) is 0 Å². The average Bonchev–Trinajstić information content (AvgIpc) is 2.75. The first-order valence-electron chi connectivity index (χ1n) is 10.1. The zero-order chi connectivity index (χ0) is 19.3. The number of anilines is 1. The van der Waals surface area contributed by atoms with Crippen LogP contribution in [-0.2, 0) is 0 Å². The maximum atomic E-state index is 5.92. The van der Waals surface area contributed by atoms with Crippen LogP contribution in [0.4, 0.5) is 5.69 Å². The van der Waals surface area contributed by atoms with Gasteiger partial charge in [0.15, 0.2) is 6.20 Å². The second-order valence-electron chi connectivity index (χ2n) is 7.17. The molecule has 0 fully saturated rings. The summed E-state index contributed by atoms with van der Waals surface area (Å²) >= 11 is 5.92. The molecule has 28 heavy (non-hydrogen) atoms. The molecular weight excluding hydrogens is 368 g/mol. The lowest BCUT2D eigenvalue weighted by molar-refractivity contribution is -0.895. The number of nitrogens with zero attached hydrogens (tertiary/aromatic N) is 1. The number of rotatable bonds is 8. The summed E-state index contributed by atoms with van der Waals surface area (Å²) in [5, 5.41) is 7.22. The van der Waals surface area contributed by atoms with E-state index in [1.165, 1.54) is 16.5 Å². The SMILES string of the molecule is CC[NH+](CCCl)CCCNc1c2ccccc2nc2c1ccc1ccc[nH+]c12. The number of para-hydroxylation sites is 1. The molecule has 0 aliphatic heterocycles. The van der Waals surface area contributed by atoms with Gasteiger partial charge in [-0.3, -0.25) is 0 Å². The standard InChI is InChI=1S/C23H25ClN4/c1-2-28(16-12-24)15-6-14-26-22-18-8-3-4-9-20(18)27-23-19(22)11-10-17-7-5-13-25-21(17)23/h3-5,7-11,13H,2,6,12,14-16H2,1H3,(H,26,27)/p+2. The van der Waals surface area contributed by atoms with Gasteiger partial charge in [0.05, 0.1) is 36.7 Å². The summed E-state index contributed by atoms with van der Waals surface area (Å²) in [5.74, 6) is 0.722. The van der Waals surface area contributed by atoms with Gasteiger partial charge in [-0.25, -0.2) is 9.97 Å². The number of pyridine rings is 2. The van der Waals surface area contributed by atoms with Gasteiger partial charge < -0.3 is 10.2 Å². The fourth-order valence-electron chi connectivity index (χ4n) is 3.90. The molecule has 0 amide bonds.